The summed E-state index contributed by atoms with van der Waals surface area (Å²) >= 11 is 3.21. The molecule has 0 fully saturated rings. The molecule has 0 radical (unpaired) electrons. The van der Waals surface area contributed by atoms with E-state index >= 15 is 0 Å². The molecule has 1 N–H and O–H groups in total. The van der Waals surface area contributed by atoms with Crippen LogP contribution in [-0.4, -0.2) is 6.04 Å². The fourth-order valence-corrected chi connectivity index (χ4v) is 2.26. The predicted octanol–water partition coefficient (Wildman–Crippen LogP) is 5.02. The van der Waals surface area contributed by atoms with Crippen molar-refractivity contribution in [3.63, 3.8) is 0 Å². The highest BCUT2D eigenvalue weighted by atomic mass is 79.9. The van der Waals surface area contributed by atoms with Crippen molar-refractivity contribution >= 4 is 15.9 Å². The molecule has 0 aliphatic carbocycles. The second-order valence-electron chi connectivity index (χ2n) is 4.99. The van der Waals surface area contributed by atoms with Crippen molar-refractivity contribution in [2.24, 2.45) is 0 Å². The van der Waals surface area contributed by atoms with Crippen molar-refractivity contribution < 1.29 is 13.5 Å². The number of nitrogens with one attached hydrogen (secondary N) is 1. The summed E-state index contributed by atoms with van der Waals surface area (Å²) in [5.74, 6) is 0.132. The summed E-state index contributed by atoms with van der Waals surface area (Å²) in [6.07, 6.45) is 0. The van der Waals surface area contributed by atoms with Gasteiger partial charge in [0, 0.05) is 28.7 Å². The lowest BCUT2D eigenvalue weighted by Crippen LogP contribution is -2.22. The number of hydrogen-bond donors (Lipinski definition) is 1. The average molecular weight is 356 g/mol. The van der Waals surface area contributed by atoms with Gasteiger partial charge in [0.15, 0.2) is 0 Å². The van der Waals surface area contributed by atoms with Crippen LogP contribution in [0.5, 0.6) is 11.5 Å². The van der Waals surface area contributed by atoms with Crippen LogP contribution in [0.3, 0.4) is 0 Å². The highest BCUT2D eigenvalue weighted by Crippen LogP contribution is 2.29. The summed E-state index contributed by atoms with van der Waals surface area (Å²) in [5.41, 5.74) is 0.684. The molecule has 0 aliphatic rings. The molecule has 0 atom stereocenters. The molecule has 2 aromatic carbocycles. The van der Waals surface area contributed by atoms with Crippen LogP contribution < -0.4 is 10.1 Å². The molecule has 0 aromatic heterocycles. The molecular weight excluding hydrogens is 340 g/mol. The molecule has 0 saturated carbocycles. The van der Waals surface area contributed by atoms with Crippen LogP contribution in [0, 0.1) is 11.6 Å². The Morgan fingerprint density at radius 2 is 1.86 bits per heavy atom. The Bertz CT molecular complexity index is 611. The maximum Gasteiger partial charge on any atom is 0.132 e. The molecule has 5 heteroatoms. The number of benzene rings is 2. The fourth-order valence-electron chi connectivity index (χ4n) is 1.81. The third-order valence-electron chi connectivity index (χ3n) is 2.79. The van der Waals surface area contributed by atoms with E-state index in [1.165, 1.54) is 24.3 Å². The monoisotopic (exact) mass is 355 g/mol. The third-order valence-corrected chi connectivity index (χ3v) is 3.25. The van der Waals surface area contributed by atoms with Gasteiger partial charge in [-0.2, -0.15) is 0 Å². The molecule has 0 aliphatic heterocycles. The Hall–Kier alpha value is -1.46. The van der Waals surface area contributed by atoms with E-state index in [-0.39, 0.29) is 11.9 Å². The van der Waals surface area contributed by atoms with Gasteiger partial charge in [-0.25, -0.2) is 8.78 Å². The molecule has 21 heavy (non-hydrogen) atoms. The summed E-state index contributed by atoms with van der Waals surface area (Å²) in [4.78, 5) is 0. The smallest absolute Gasteiger partial charge is 0.132 e. The molecule has 0 bridgehead atoms. The van der Waals surface area contributed by atoms with E-state index in [4.69, 9.17) is 4.74 Å². The van der Waals surface area contributed by atoms with Crippen molar-refractivity contribution in [1.29, 1.82) is 0 Å². The highest BCUT2D eigenvalue weighted by Gasteiger charge is 2.09. The van der Waals surface area contributed by atoms with Crippen LogP contribution in [0.1, 0.15) is 19.4 Å². The quantitative estimate of drug-likeness (QED) is 0.813. The first-order valence-corrected chi connectivity index (χ1v) is 7.39. The lowest BCUT2D eigenvalue weighted by Gasteiger charge is -2.14. The number of hydrogen-bond acceptors (Lipinski definition) is 2. The summed E-state index contributed by atoms with van der Waals surface area (Å²) < 4.78 is 33.0. The minimum absolute atomic E-state index is 0.268. The van der Waals surface area contributed by atoms with Crippen molar-refractivity contribution in [3.8, 4) is 11.5 Å². The first kappa shape index (κ1) is 15.9. The topological polar surface area (TPSA) is 21.3 Å². The molecule has 2 aromatic rings. The van der Waals surface area contributed by atoms with E-state index < -0.39 is 5.82 Å². The van der Waals surface area contributed by atoms with Gasteiger partial charge in [0.25, 0.3) is 0 Å². The Morgan fingerprint density at radius 1 is 1.10 bits per heavy atom. The molecule has 2 nitrogen and oxygen atoms in total. The lowest BCUT2D eigenvalue weighted by atomic mass is 10.2. The van der Waals surface area contributed by atoms with Crippen LogP contribution in [0.4, 0.5) is 8.78 Å². The van der Waals surface area contributed by atoms with Crippen molar-refractivity contribution in [1.82, 2.24) is 5.32 Å². The molecule has 0 unspecified atom stereocenters. The summed E-state index contributed by atoms with van der Waals surface area (Å²) in [6.45, 7) is 4.48. The molecule has 0 spiro atoms. The number of rotatable bonds is 5. The molecule has 112 valence electrons. The standard InChI is InChI=1S/C16H16BrF2NO/c1-10(2)20-9-11-5-13(18)3-4-16(11)21-15-7-12(17)6-14(19)8-15/h3-8,10,20H,9H2,1-2H3. The number of ether oxygens (including phenoxy) is 1. The van der Waals surface area contributed by atoms with Crippen molar-refractivity contribution in [2.45, 2.75) is 26.4 Å². The van der Waals surface area contributed by atoms with Gasteiger partial charge in [-0.05, 0) is 30.3 Å². The van der Waals surface area contributed by atoms with E-state index in [0.717, 1.165) is 0 Å². The largest absolute Gasteiger partial charge is 0.457 e. The fraction of sp³-hybridized carbons (Fsp3) is 0.250. The lowest BCUT2D eigenvalue weighted by molar-refractivity contribution is 0.461. The van der Waals surface area contributed by atoms with E-state index in [1.54, 1.807) is 12.1 Å². The van der Waals surface area contributed by atoms with Gasteiger partial charge in [-0.1, -0.05) is 29.8 Å². The minimum Gasteiger partial charge on any atom is -0.457 e. The predicted molar refractivity (Wildman–Crippen MR) is 82.5 cm³/mol. The zero-order chi connectivity index (χ0) is 15.4. The average Bonchev–Trinajstić information content (AvgIpc) is 2.37. The Kier molecular flexibility index (Phi) is 5.31. The molecule has 2 rings (SSSR count). The Morgan fingerprint density at radius 3 is 2.52 bits per heavy atom. The number of halogens is 3. The van der Waals surface area contributed by atoms with Crippen LogP contribution in [0.25, 0.3) is 0 Å². The minimum atomic E-state index is -0.400. The van der Waals surface area contributed by atoms with Crippen LogP contribution >= 0.6 is 15.9 Å². The molecule has 0 saturated heterocycles. The molecule has 0 amide bonds. The van der Waals surface area contributed by atoms with Crippen LogP contribution in [-0.2, 0) is 6.54 Å². The van der Waals surface area contributed by atoms with Gasteiger partial charge in [0.1, 0.15) is 23.1 Å². The van der Waals surface area contributed by atoms with Crippen molar-refractivity contribution in [3.05, 3.63) is 58.1 Å². The van der Waals surface area contributed by atoms with Crippen molar-refractivity contribution in [2.75, 3.05) is 0 Å². The summed E-state index contributed by atoms with van der Waals surface area (Å²) in [7, 11) is 0. The van der Waals surface area contributed by atoms with Gasteiger partial charge >= 0.3 is 0 Å². The zero-order valence-electron chi connectivity index (χ0n) is 11.8. The summed E-state index contributed by atoms with van der Waals surface area (Å²) in [5, 5.41) is 3.21. The zero-order valence-corrected chi connectivity index (χ0v) is 13.4. The van der Waals surface area contributed by atoms with Gasteiger partial charge < -0.3 is 10.1 Å². The van der Waals surface area contributed by atoms with E-state index in [1.807, 2.05) is 13.8 Å². The van der Waals surface area contributed by atoms with Gasteiger partial charge in [-0.3, -0.25) is 0 Å². The second kappa shape index (κ2) is 7.00. The van der Waals surface area contributed by atoms with Crippen LogP contribution in [0.2, 0.25) is 0 Å². The van der Waals surface area contributed by atoms with Gasteiger partial charge in [0.2, 0.25) is 0 Å². The second-order valence-corrected chi connectivity index (χ2v) is 5.91. The summed E-state index contributed by atoms with van der Waals surface area (Å²) in [6, 6.07) is 8.84. The Balaban J connectivity index is 2.25. The normalized spacial score (nSPS) is 11.0. The molecular formula is C16H16BrF2NO. The Labute approximate surface area is 131 Å². The first-order valence-electron chi connectivity index (χ1n) is 6.60. The van der Waals surface area contributed by atoms with Crippen LogP contribution in [0.15, 0.2) is 40.9 Å². The van der Waals surface area contributed by atoms with E-state index in [2.05, 4.69) is 21.2 Å². The SMILES string of the molecule is CC(C)NCc1cc(F)ccc1Oc1cc(F)cc(Br)c1. The molecule has 0 heterocycles. The maximum absolute atomic E-state index is 13.4. The maximum atomic E-state index is 13.4. The highest BCUT2D eigenvalue weighted by molar-refractivity contribution is 9.10. The third kappa shape index (κ3) is 4.79. The van der Waals surface area contributed by atoms with Gasteiger partial charge in [-0.15, -0.1) is 0 Å². The van der Waals surface area contributed by atoms with Gasteiger partial charge in [0.05, 0.1) is 0 Å². The first-order chi connectivity index (χ1) is 9.94. The van der Waals surface area contributed by atoms with E-state index in [9.17, 15) is 8.78 Å². The van der Waals surface area contributed by atoms with E-state index in [0.29, 0.717) is 28.1 Å².